The summed E-state index contributed by atoms with van der Waals surface area (Å²) in [5.74, 6) is 2.75. The number of fused-ring (bicyclic) bond motifs is 6. The first-order valence-corrected chi connectivity index (χ1v) is 26.7. The Bertz CT molecular complexity index is 2840. The van der Waals surface area contributed by atoms with Crippen LogP contribution in [0, 0.1) is 29.1 Å². The number of aryl methyl sites for hydroxylation is 1. The lowest BCUT2D eigenvalue weighted by Crippen LogP contribution is -2.62. The lowest BCUT2D eigenvalue weighted by atomic mass is 9.84. The smallest absolute Gasteiger partial charge is 0.324 e. The van der Waals surface area contributed by atoms with Crippen molar-refractivity contribution in [2.24, 2.45) is 17.3 Å². The van der Waals surface area contributed by atoms with Gasteiger partial charge in [-0.15, -0.1) is 0 Å². The first-order chi connectivity index (χ1) is 35.8. The number of likely N-dealkylation sites (N-methyl/N-ethyl adjacent to an activating group) is 1. The molecular weight excluding hydrogens is 953 g/mol. The van der Waals surface area contributed by atoms with Gasteiger partial charge >= 0.3 is 5.97 Å². The third-order valence-electron chi connectivity index (χ3n) is 15.5. The SMILES string of the molecule is CCn1c(-c2cccnc2[C@H](C)OC)c2c3cc(ccc31)-c1cc(O)cc(c1)C[C@H](NC(=O)[C@H](C(C)C)N(C)C(=O)[C@H]1CCN(C(=O)C#CCN3[C@@H](C)COC[C@@H]3C)C1)C(=O)N1CCC[C@H](N1)C(=O)OCC(C)(C)C2. The molecule has 4 amide bonds. The number of hydrogen-bond acceptors (Lipinski definition) is 12. The van der Waals surface area contributed by atoms with E-state index in [0.29, 0.717) is 69.7 Å². The molecule has 0 saturated carbocycles. The van der Waals surface area contributed by atoms with Gasteiger partial charge in [-0.05, 0) is 124 Å². The summed E-state index contributed by atoms with van der Waals surface area (Å²) in [7, 11) is 3.26. The molecule has 0 aliphatic carbocycles. The van der Waals surface area contributed by atoms with Gasteiger partial charge in [0.1, 0.15) is 23.9 Å². The minimum Gasteiger partial charge on any atom is -0.508 e. The fraction of sp³-hybridized carbons (Fsp3) is 0.552. The molecule has 2 aromatic heterocycles. The lowest BCUT2D eigenvalue weighted by molar-refractivity contribution is -0.155. The maximum atomic E-state index is 14.9. The van der Waals surface area contributed by atoms with E-state index in [1.165, 1.54) is 9.91 Å². The largest absolute Gasteiger partial charge is 0.508 e. The zero-order valence-electron chi connectivity index (χ0n) is 45.4. The summed E-state index contributed by atoms with van der Waals surface area (Å²) in [6, 6.07) is 12.8. The first kappa shape index (κ1) is 54.9. The number of carbonyl (C=O) groups excluding carboxylic acids is 5. The minimum atomic E-state index is -1.18. The number of hydrogen-bond donors (Lipinski definition) is 3. The molecule has 0 radical (unpaired) electrons. The van der Waals surface area contributed by atoms with E-state index >= 15 is 0 Å². The fourth-order valence-corrected chi connectivity index (χ4v) is 11.5. The molecule has 6 bridgehead atoms. The molecule has 17 heteroatoms. The average molecular weight is 1030 g/mol. The van der Waals surface area contributed by atoms with Crippen molar-refractivity contribution >= 4 is 40.5 Å². The number of aromatic nitrogens is 2. The molecule has 17 nitrogen and oxygen atoms in total. The van der Waals surface area contributed by atoms with Crippen LogP contribution >= 0.6 is 0 Å². The Balaban J connectivity index is 1.10. The summed E-state index contributed by atoms with van der Waals surface area (Å²) in [6.07, 6.45) is 3.35. The van der Waals surface area contributed by atoms with Gasteiger partial charge in [0.2, 0.25) is 11.8 Å². The molecule has 6 heterocycles. The Hall–Kier alpha value is -6.32. The second-order valence-corrected chi connectivity index (χ2v) is 22.1. The van der Waals surface area contributed by atoms with E-state index in [9.17, 15) is 29.1 Å². The van der Waals surface area contributed by atoms with Gasteiger partial charge in [0.15, 0.2) is 0 Å². The number of morpholine rings is 1. The van der Waals surface area contributed by atoms with Crippen LogP contribution in [0.3, 0.4) is 0 Å². The average Bonchev–Trinajstić information content (AvgIpc) is 4.01. The number of nitrogens with one attached hydrogen (secondary N) is 2. The van der Waals surface area contributed by atoms with Gasteiger partial charge in [-0.1, -0.05) is 45.7 Å². The summed E-state index contributed by atoms with van der Waals surface area (Å²) in [6.45, 7) is 19.3. The number of phenols is 1. The first-order valence-electron chi connectivity index (χ1n) is 26.7. The number of nitrogens with zero attached hydrogens (tertiary/aromatic N) is 6. The number of methoxy groups -OCH3 is 1. The number of aromatic hydroxyl groups is 1. The van der Waals surface area contributed by atoms with Gasteiger partial charge in [0.05, 0.1) is 49.8 Å². The Labute approximate surface area is 441 Å². The molecule has 4 aromatic rings. The van der Waals surface area contributed by atoms with E-state index in [-0.39, 0.29) is 67.8 Å². The van der Waals surface area contributed by atoms with Gasteiger partial charge < -0.3 is 39.0 Å². The molecule has 0 spiro atoms. The van der Waals surface area contributed by atoms with Crippen LogP contribution in [0.2, 0.25) is 0 Å². The molecule has 3 saturated heterocycles. The molecule has 3 fully saturated rings. The van der Waals surface area contributed by atoms with Crippen molar-refractivity contribution < 1.29 is 43.3 Å². The standard InChI is InChI=1S/C58H76N8O9/c1-11-64-49-19-18-40-29-45(49)46(53(64)44-15-12-21-59-51(44)38(6)73-10)30-58(7,8)34-75-57(72)47-16-13-23-66(61-47)56(71)48(27-39-25-42(40)28-43(67)26-39)60-54(69)52(35(2)3)62(9)55(70)41-20-24-63(31-41)50(68)17-14-22-65-36(4)32-74-33-37(65)5/h12,15,18-19,21,25-26,28-29,35-38,41,47-48,52,61,67H,11,13,16,20,22-24,27,30-34H2,1-10H3,(H,60,69)/t36-,37-,38-,41-,47-,48-,52-/m0/s1. The highest BCUT2D eigenvalue weighted by Crippen LogP contribution is 2.42. The highest BCUT2D eigenvalue weighted by Gasteiger charge is 2.40. The highest BCUT2D eigenvalue weighted by atomic mass is 16.5. The van der Waals surface area contributed by atoms with Gasteiger partial charge in [-0.2, -0.15) is 0 Å². The summed E-state index contributed by atoms with van der Waals surface area (Å²) in [5, 5.41) is 16.8. The second kappa shape index (κ2) is 23.3. The lowest BCUT2D eigenvalue weighted by Gasteiger charge is -2.37. The quantitative estimate of drug-likeness (QED) is 0.126. The van der Waals surface area contributed by atoms with Crippen molar-refractivity contribution in [3.63, 3.8) is 0 Å². The van der Waals surface area contributed by atoms with Crippen LogP contribution in [0.1, 0.15) is 97.6 Å². The molecule has 8 rings (SSSR count). The Morgan fingerprint density at radius 1 is 1.03 bits per heavy atom. The fourth-order valence-electron chi connectivity index (χ4n) is 11.5. The third kappa shape index (κ3) is 12.0. The number of phenolic OH excluding ortho intramolecular Hbond substituents is 1. The monoisotopic (exact) mass is 1030 g/mol. The van der Waals surface area contributed by atoms with Crippen LogP contribution in [0.25, 0.3) is 33.3 Å². The van der Waals surface area contributed by atoms with E-state index < -0.39 is 47.2 Å². The van der Waals surface area contributed by atoms with Crippen LogP contribution in [0.5, 0.6) is 5.75 Å². The Morgan fingerprint density at radius 2 is 1.79 bits per heavy atom. The minimum absolute atomic E-state index is 0.0167. The van der Waals surface area contributed by atoms with Crippen molar-refractivity contribution in [2.75, 3.05) is 60.2 Å². The normalized spacial score (nSPS) is 23.2. The zero-order valence-corrected chi connectivity index (χ0v) is 45.4. The van der Waals surface area contributed by atoms with Crippen molar-refractivity contribution in [1.29, 1.82) is 0 Å². The molecule has 7 atom stereocenters. The Kier molecular flexibility index (Phi) is 17.1. The maximum Gasteiger partial charge on any atom is 0.324 e. The number of hydrazine groups is 1. The summed E-state index contributed by atoms with van der Waals surface area (Å²) < 4.78 is 19.9. The van der Waals surface area contributed by atoms with Crippen LogP contribution in [-0.2, 0) is 57.6 Å². The number of rotatable bonds is 10. The summed E-state index contributed by atoms with van der Waals surface area (Å²) >= 11 is 0. The molecule has 2 aromatic carbocycles. The van der Waals surface area contributed by atoms with Crippen LogP contribution in [0.4, 0.5) is 0 Å². The molecule has 402 valence electrons. The molecule has 4 aliphatic heterocycles. The van der Waals surface area contributed by atoms with Gasteiger partial charge in [-0.25, -0.2) is 5.43 Å². The summed E-state index contributed by atoms with van der Waals surface area (Å²) in [5.41, 5.74) is 9.51. The van der Waals surface area contributed by atoms with Crippen molar-refractivity contribution in [1.82, 2.24) is 40.0 Å². The van der Waals surface area contributed by atoms with E-state index in [4.69, 9.17) is 19.2 Å². The number of esters is 1. The highest BCUT2D eigenvalue weighted by molar-refractivity contribution is 5.97. The number of cyclic esters (lactones) is 1. The number of carbonyl (C=O) groups is 5. The number of likely N-dealkylation sites (tertiary alicyclic amines) is 1. The topological polar surface area (TPSA) is 188 Å². The van der Waals surface area contributed by atoms with Crippen LogP contribution < -0.4 is 10.7 Å². The summed E-state index contributed by atoms with van der Waals surface area (Å²) in [4.78, 5) is 81.2. The molecule has 0 unspecified atom stereocenters. The Morgan fingerprint density at radius 3 is 2.51 bits per heavy atom. The van der Waals surface area contributed by atoms with E-state index in [2.05, 4.69) is 84.9 Å². The van der Waals surface area contributed by atoms with Crippen LogP contribution in [0.15, 0.2) is 54.7 Å². The number of benzene rings is 2. The molecule has 75 heavy (non-hydrogen) atoms. The molecule has 3 N–H and O–H groups in total. The van der Waals surface area contributed by atoms with Crippen molar-refractivity contribution in [3.8, 4) is 40.0 Å². The van der Waals surface area contributed by atoms with Gasteiger partial charge in [0, 0.05) is 86.9 Å². The van der Waals surface area contributed by atoms with Gasteiger partial charge in [-0.3, -0.25) is 38.9 Å². The zero-order chi connectivity index (χ0) is 53.9. The van der Waals surface area contributed by atoms with Crippen LogP contribution in [-0.4, -0.2) is 154 Å². The number of ether oxygens (including phenoxy) is 3. The second-order valence-electron chi connectivity index (χ2n) is 22.1. The van der Waals surface area contributed by atoms with Crippen molar-refractivity contribution in [2.45, 2.75) is 130 Å². The van der Waals surface area contributed by atoms with E-state index in [1.54, 1.807) is 37.4 Å². The molecule has 4 aliphatic rings. The van der Waals surface area contributed by atoms with E-state index in [0.717, 1.165) is 39.0 Å². The predicted molar refractivity (Wildman–Crippen MR) is 286 cm³/mol. The maximum absolute atomic E-state index is 14.9. The number of amides is 4. The third-order valence-corrected chi connectivity index (χ3v) is 15.5. The molecular formula is C58H76N8O9. The van der Waals surface area contributed by atoms with Crippen molar-refractivity contribution in [3.05, 3.63) is 71.5 Å². The van der Waals surface area contributed by atoms with E-state index in [1.807, 2.05) is 39.0 Å². The van der Waals surface area contributed by atoms with Gasteiger partial charge in [0.25, 0.3) is 11.8 Å². The predicted octanol–water partition coefficient (Wildman–Crippen LogP) is 5.90. The number of pyridine rings is 1.